The number of amides is 1. The maximum atomic E-state index is 12.4. The number of allylic oxidation sites excluding steroid dienone is 1. The number of ketones is 1. The molecule has 0 heterocycles. The summed E-state index contributed by atoms with van der Waals surface area (Å²) < 4.78 is 0. The predicted octanol–water partition coefficient (Wildman–Crippen LogP) is 2.36. The number of nitrogens with one attached hydrogen (secondary N) is 1. The van der Waals surface area contributed by atoms with Gasteiger partial charge in [0.05, 0.1) is 0 Å². The van der Waals surface area contributed by atoms with E-state index < -0.39 is 5.41 Å². The van der Waals surface area contributed by atoms with Gasteiger partial charge < -0.3 is 10.2 Å². The summed E-state index contributed by atoms with van der Waals surface area (Å²) in [7, 11) is 3.69. The molecule has 1 aliphatic rings. The van der Waals surface area contributed by atoms with Crippen molar-refractivity contribution in [2.24, 2.45) is 5.41 Å². The second kappa shape index (κ2) is 5.49. The normalized spacial score (nSPS) is 15.9. The zero-order valence-electron chi connectivity index (χ0n) is 12.1. The number of carbonyl (C=O) groups is 2. The highest BCUT2D eigenvalue weighted by molar-refractivity contribution is 6.17. The molecule has 1 aromatic rings. The highest BCUT2D eigenvalue weighted by Gasteiger charge is 2.55. The molecule has 0 atom stereocenters. The monoisotopic (exact) mass is 272 g/mol. The van der Waals surface area contributed by atoms with E-state index in [1.807, 2.05) is 45.3 Å². The molecule has 4 heteroatoms. The maximum Gasteiger partial charge on any atom is 0.238 e. The lowest BCUT2D eigenvalue weighted by atomic mass is 9.99. The van der Waals surface area contributed by atoms with E-state index in [9.17, 15) is 9.59 Å². The minimum Gasteiger partial charge on any atom is -0.383 e. The van der Waals surface area contributed by atoms with E-state index in [0.29, 0.717) is 12.8 Å². The van der Waals surface area contributed by atoms with E-state index in [0.717, 1.165) is 11.3 Å². The number of benzene rings is 1. The Morgan fingerprint density at radius 3 is 2.45 bits per heavy atom. The molecular formula is C16H20N2O2. The topological polar surface area (TPSA) is 49.4 Å². The number of hydrogen-bond donors (Lipinski definition) is 1. The summed E-state index contributed by atoms with van der Waals surface area (Å²) in [6.45, 7) is 1.93. The Hall–Kier alpha value is -2.10. The van der Waals surface area contributed by atoms with Crippen LogP contribution in [0.15, 0.2) is 36.5 Å². The highest BCUT2D eigenvalue weighted by atomic mass is 16.2. The van der Waals surface area contributed by atoms with Crippen molar-refractivity contribution in [2.75, 3.05) is 19.4 Å². The maximum absolute atomic E-state index is 12.4. The van der Waals surface area contributed by atoms with Crippen molar-refractivity contribution >= 4 is 17.4 Å². The van der Waals surface area contributed by atoms with Crippen LogP contribution >= 0.6 is 0 Å². The first kappa shape index (κ1) is 14.3. The van der Waals surface area contributed by atoms with Crippen LogP contribution in [0.5, 0.6) is 0 Å². The lowest BCUT2D eigenvalue weighted by Gasteiger charge is -2.14. The quantitative estimate of drug-likeness (QED) is 0.661. The molecule has 2 rings (SSSR count). The molecule has 20 heavy (non-hydrogen) atoms. The van der Waals surface area contributed by atoms with Gasteiger partial charge in [0, 0.05) is 26.0 Å². The zero-order valence-corrected chi connectivity index (χ0v) is 12.1. The Morgan fingerprint density at radius 1 is 1.25 bits per heavy atom. The van der Waals surface area contributed by atoms with Crippen molar-refractivity contribution in [1.82, 2.24) is 4.90 Å². The molecule has 1 N–H and O–H groups in total. The molecule has 1 aromatic carbocycles. The van der Waals surface area contributed by atoms with Crippen LogP contribution in [-0.4, -0.2) is 30.7 Å². The third-order valence-electron chi connectivity index (χ3n) is 3.57. The van der Waals surface area contributed by atoms with Gasteiger partial charge in [-0.1, -0.05) is 18.2 Å². The Labute approximate surface area is 119 Å². The molecule has 0 saturated heterocycles. The molecule has 1 amide bonds. The number of anilines is 1. The van der Waals surface area contributed by atoms with Crippen LogP contribution in [0.1, 0.15) is 18.4 Å². The largest absolute Gasteiger partial charge is 0.383 e. The Balaban J connectivity index is 2.09. The zero-order chi connectivity index (χ0) is 14.8. The number of nitrogens with zero attached hydrogens (tertiary/aromatic N) is 1. The Kier molecular flexibility index (Phi) is 3.93. The van der Waals surface area contributed by atoms with Crippen molar-refractivity contribution in [2.45, 2.75) is 19.8 Å². The molecule has 4 nitrogen and oxygen atoms in total. The average Bonchev–Trinajstić information content (AvgIpc) is 3.20. The standard InChI is InChI=1S/C16H20N2O2/c1-12-6-4-5-7-13(12)17-15(20)16(9-10-16)14(19)8-11-18(2)3/h4-8,11H,9-10H2,1-3H3,(H,17,20). The number of hydrogen-bond acceptors (Lipinski definition) is 3. The fourth-order valence-electron chi connectivity index (χ4n) is 2.04. The van der Waals surface area contributed by atoms with Gasteiger partial charge in [-0.15, -0.1) is 0 Å². The van der Waals surface area contributed by atoms with Crippen LogP contribution in [0.4, 0.5) is 5.69 Å². The minimum absolute atomic E-state index is 0.114. The van der Waals surface area contributed by atoms with Crippen molar-refractivity contribution in [1.29, 1.82) is 0 Å². The van der Waals surface area contributed by atoms with E-state index in [-0.39, 0.29) is 11.7 Å². The second-order valence-corrected chi connectivity index (χ2v) is 5.49. The molecule has 0 unspecified atom stereocenters. The number of rotatable bonds is 5. The first-order valence-electron chi connectivity index (χ1n) is 6.72. The van der Waals surface area contributed by atoms with Gasteiger partial charge in [0.2, 0.25) is 5.91 Å². The van der Waals surface area contributed by atoms with Crippen LogP contribution in [-0.2, 0) is 9.59 Å². The van der Waals surface area contributed by atoms with E-state index in [1.165, 1.54) is 6.08 Å². The summed E-state index contributed by atoms with van der Waals surface area (Å²) in [6.07, 6.45) is 4.43. The van der Waals surface area contributed by atoms with Gasteiger partial charge in [-0.25, -0.2) is 0 Å². The lowest BCUT2D eigenvalue weighted by molar-refractivity contribution is -0.130. The van der Waals surface area contributed by atoms with Crippen LogP contribution < -0.4 is 5.32 Å². The first-order chi connectivity index (χ1) is 9.45. The molecule has 0 aromatic heterocycles. The second-order valence-electron chi connectivity index (χ2n) is 5.49. The van der Waals surface area contributed by atoms with Crippen LogP contribution in [0, 0.1) is 12.3 Å². The smallest absolute Gasteiger partial charge is 0.238 e. The fraction of sp³-hybridized carbons (Fsp3) is 0.375. The molecule has 1 fully saturated rings. The van der Waals surface area contributed by atoms with Crippen molar-refractivity contribution in [3.05, 3.63) is 42.1 Å². The first-order valence-corrected chi connectivity index (χ1v) is 6.72. The summed E-state index contributed by atoms with van der Waals surface area (Å²) in [5.74, 6) is -0.308. The van der Waals surface area contributed by atoms with Gasteiger partial charge in [0.15, 0.2) is 5.78 Å². The number of carbonyl (C=O) groups excluding carboxylic acids is 2. The van der Waals surface area contributed by atoms with Gasteiger partial charge in [-0.05, 0) is 37.5 Å². The number of para-hydroxylation sites is 1. The molecular weight excluding hydrogens is 252 g/mol. The molecule has 0 spiro atoms. The van der Waals surface area contributed by atoms with E-state index in [4.69, 9.17) is 0 Å². The van der Waals surface area contributed by atoms with Gasteiger partial charge in [-0.3, -0.25) is 9.59 Å². The van der Waals surface area contributed by atoms with Crippen LogP contribution in [0.2, 0.25) is 0 Å². The predicted molar refractivity (Wildman–Crippen MR) is 79.3 cm³/mol. The van der Waals surface area contributed by atoms with Crippen molar-refractivity contribution in [3.8, 4) is 0 Å². The van der Waals surface area contributed by atoms with Crippen LogP contribution in [0.3, 0.4) is 0 Å². The molecule has 0 radical (unpaired) electrons. The van der Waals surface area contributed by atoms with Gasteiger partial charge >= 0.3 is 0 Å². The lowest BCUT2D eigenvalue weighted by Crippen LogP contribution is -2.31. The Bertz CT molecular complexity index is 557. The molecule has 1 aliphatic carbocycles. The van der Waals surface area contributed by atoms with Gasteiger partial charge in [0.1, 0.15) is 5.41 Å². The average molecular weight is 272 g/mol. The molecule has 0 aliphatic heterocycles. The van der Waals surface area contributed by atoms with E-state index in [2.05, 4.69) is 5.32 Å². The molecule has 1 saturated carbocycles. The van der Waals surface area contributed by atoms with Crippen molar-refractivity contribution in [3.63, 3.8) is 0 Å². The van der Waals surface area contributed by atoms with Crippen molar-refractivity contribution < 1.29 is 9.59 Å². The summed E-state index contributed by atoms with van der Waals surface area (Å²) in [5.41, 5.74) is 0.913. The molecule has 0 bridgehead atoms. The summed E-state index contributed by atoms with van der Waals surface area (Å²) in [5, 5.41) is 2.87. The van der Waals surface area contributed by atoms with E-state index >= 15 is 0 Å². The number of aryl methyl sites for hydroxylation is 1. The van der Waals surface area contributed by atoms with Crippen LogP contribution in [0.25, 0.3) is 0 Å². The molecule has 106 valence electrons. The summed E-state index contributed by atoms with van der Waals surface area (Å²) in [6, 6.07) is 7.57. The Morgan fingerprint density at radius 2 is 1.90 bits per heavy atom. The third-order valence-corrected chi connectivity index (χ3v) is 3.57. The van der Waals surface area contributed by atoms with Gasteiger partial charge in [-0.2, -0.15) is 0 Å². The van der Waals surface area contributed by atoms with E-state index in [1.54, 1.807) is 11.1 Å². The van der Waals surface area contributed by atoms with Gasteiger partial charge in [0.25, 0.3) is 0 Å². The third kappa shape index (κ3) is 2.90. The summed E-state index contributed by atoms with van der Waals surface area (Å²) in [4.78, 5) is 26.3. The highest BCUT2D eigenvalue weighted by Crippen LogP contribution is 2.47. The fourth-order valence-corrected chi connectivity index (χ4v) is 2.04. The minimum atomic E-state index is -0.852. The SMILES string of the molecule is Cc1ccccc1NC(=O)C1(C(=O)C=CN(C)C)CC1. The summed E-state index contributed by atoms with van der Waals surface area (Å²) >= 11 is 0.